The van der Waals surface area contributed by atoms with Crippen LogP contribution in [0.2, 0.25) is 0 Å². The number of halogens is 3. The number of fused-ring (bicyclic) bond motifs is 1. The first-order chi connectivity index (χ1) is 16.2. The fourth-order valence-corrected chi connectivity index (χ4v) is 4.54. The summed E-state index contributed by atoms with van der Waals surface area (Å²) in [5, 5.41) is 9.72. The monoisotopic (exact) mass is 485 g/mol. The maximum absolute atomic E-state index is 12.5. The van der Waals surface area contributed by atoms with Gasteiger partial charge in [0.05, 0.1) is 22.2 Å². The van der Waals surface area contributed by atoms with Crippen LogP contribution in [0, 0.1) is 0 Å². The first-order valence-corrected chi connectivity index (χ1v) is 11.1. The second kappa shape index (κ2) is 9.64. The first-order valence-electron chi connectivity index (χ1n) is 10.3. The van der Waals surface area contributed by atoms with Crippen LogP contribution in [0.15, 0.2) is 66.7 Å². The third kappa shape index (κ3) is 5.99. The number of aromatic nitrogens is 1. The summed E-state index contributed by atoms with van der Waals surface area (Å²) in [5.41, 5.74) is 2.94. The normalized spacial score (nSPS) is 11.5. The first kappa shape index (κ1) is 23.4. The van der Waals surface area contributed by atoms with Crippen LogP contribution >= 0.6 is 11.3 Å². The van der Waals surface area contributed by atoms with Gasteiger partial charge in [0.1, 0.15) is 16.5 Å². The quantitative estimate of drug-likeness (QED) is 0.317. The fourth-order valence-electron chi connectivity index (χ4n) is 3.50. The van der Waals surface area contributed by atoms with Crippen molar-refractivity contribution in [2.45, 2.75) is 25.6 Å². The van der Waals surface area contributed by atoms with E-state index >= 15 is 0 Å². The Morgan fingerprint density at radius 1 is 0.971 bits per heavy atom. The number of alkyl halides is 3. The lowest BCUT2D eigenvalue weighted by molar-refractivity contribution is -0.274. The van der Waals surface area contributed by atoms with Gasteiger partial charge in [0.25, 0.3) is 0 Å². The predicted octanol–water partition coefficient (Wildman–Crippen LogP) is 6.30. The maximum Gasteiger partial charge on any atom is 0.573 e. The zero-order valence-corrected chi connectivity index (χ0v) is 18.4. The number of hydrogen-bond donors (Lipinski definition) is 1. The third-order valence-electron chi connectivity index (χ3n) is 5.05. The third-order valence-corrected chi connectivity index (χ3v) is 6.07. The highest BCUT2D eigenvalue weighted by atomic mass is 32.1. The minimum atomic E-state index is -4.76. The lowest BCUT2D eigenvalue weighted by Gasteiger charge is -2.10. The average Bonchev–Trinajstić information content (AvgIpc) is 3.18. The Balaban J connectivity index is 1.44. The molecule has 9 heteroatoms. The standard InChI is InChI=1S/C25H18F3NO4S/c26-25(27,28)33-20-6-2-4-16(12-20)17-8-10-21-22(13-17)34-23(29-21)14-19(30)9-7-15-3-1-5-18(11-15)24(31)32/h1-6,8,10-13H,7,9,14H2,(H,31,32). The van der Waals surface area contributed by atoms with E-state index in [1.165, 1.54) is 35.6 Å². The molecular weight excluding hydrogens is 467 g/mol. The summed E-state index contributed by atoms with van der Waals surface area (Å²) in [6.45, 7) is 0. The van der Waals surface area contributed by atoms with Crippen molar-refractivity contribution in [1.29, 1.82) is 0 Å². The zero-order chi connectivity index (χ0) is 24.3. The average molecular weight is 485 g/mol. The molecule has 0 atom stereocenters. The highest BCUT2D eigenvalue weighted by Gasteiger charge is 2.31. The summed E-state index contributed by atoms with van der Waals surface area (Å²) in [6.07, 6.45) is -3.91. The molecule has 0 bridgehead atoms. The minimum absolute atomic E-state index is 0.0167. The molecule has 0 fully saturated rings. The molecule has 0 aliphatic rings. The van der Waals surface area contributed by atoms with Crippen molar-refractivity contribution in [2.75, 3.05) is 0 Å². The Morgan fingerprint density at radius 2 is 1.74 bits per heavy atom. The summed E-state index contributed by atoms with van der Waals surface area (Å²) < 4.78 is 42.3. The number of rotatable bonds is 8. The Morgan fingerprint density at radius 3 is 2.50 bits per heavy atom. The highest BCUT2D eigenvalue weighted by molar-refractivity contribution is 7.18. The molecule has 1 N–H and O–H groups in total. The van der Waals surface area contributed by atoms with Crippen LogP contribution in [-0.4, -0.2) is 28.2 Å². The van der Waals surface area contributed by atoms with E-state index in [2.05, 4.69) is 9.72 Å². The van der Waals surface area contributed by atoms with Gasteiger partial charge in [-0.25, -0.2) is 9.78 Å². The molecular formula is C25H18F3NO4S. The van der Waals surface area contributed by atoms with Crippen molar-refractivity contribution in [3.05, 3.63) is 82.9 Å². The van der Waals surface area contributed by atoms with E-state index in [1.54, 1.807) is 36.4 Å². The molecule has 0 radical (unpaired) electrons. The van der Waals surface area contributed by atoms with E-state index < -0.39 is 12.3 Å². The van der Waals surface area contributed by atoms with Crippen LogP contribution in [0.4, 0.5) is 13.2 Å². The molecule has 1 heterocycles. The van der Waals surface area contributed by atoms with Gasteiger partial charge < -0.3 is 9.84 Å². The van der Waals surface area contributed by atoms with E-state index in [0.29, 0.717) is 28.1 Å². The molecule has 4 aromatic rings. The van der Waals surface area contributed by atoms with Crippen LogP contribution in [0.5, 0.6) is 5.75 Å². The number of benzene rings is 3. The smallest absolute Gasteiger partial charge is 0.478 e. The summed E-state index contributed by atoms with van der Waals surface area (Å²) >= 11 is 1.36. The van der Waals surface area contributed by atoms with Gasteiger partial charge in [0, 0.05) is 6.42 Å². The van der Waals surface area contributed by atoms with Crippen molar-refractivity contribution in [1.82, 2.24) is 4.98 Å². The molecule has 1 aromatic heterocycles. The molecule has 174 valence electrons. The molecule has 4 rings (SSSR count). The number of Topliss-reactive ketones (excluding diaryl/α,β-unsaturated/α-hetero) is 1. The molecule has 0 aliphatic heterocycles. The maximum atomic E-state index is 12.5. The second-order valence-corrected chi connectivity index (χ2v) is 8.70. The number of carbonyl (C=O) groups is 2. The Kier molecular flexibility index (Phi) is 6.65. The van der Waals surface area contributed by atoms with Crippen molar-refractivity contribution in [3.63, 3.8) is 0 Å². The molecule has 34 heavy (non-hydrogen) atoms. The number of aromatic carboxylic acids is 1. The number of carboxylic acids is 1. The van der Waals surface area contributed by atoms with E-state index in [4.69, 9.17) is 5.11 Å². The van der Waals surface area contributed by atoms with Crippen LogP contribution in [0.3, 0.4) is 0 Å². The van der Waals surface area contributed by atoms with Crippen LogP contribution in [0.1, 0.15) is 27.3 Å². The van der Waals surface area contributed by atoms with E-state index in [0.717, 1.165) is 10.3 Å². The van der Waals surface area contributed by atoms with Gasteiger partial charge in [0.2, 0.25) is 0 Å². The van der Waals surface area contributed by atoms with Crippen molar-refractivity contribution in [3.8, 4) is 16.9 Å². The number of ether oxygens (including phenoxy) is 1. The van der Waals surface area contributed by atoms with Gasteiger partial charge in [-0.2, -0.15) is 0 Å². The minimum Gasteiger partial charge on any atom is -0.478 e. The van der Waals surface area contributed by atoms with Gasteiger partial charge in [-0.15, -0.1) is 24.5 Å². The van der Waals surface area contributed by atoms with Gasteiger partial charge in [-0.3, -0.25) is 4.79 Å². The topological polar surface area (TPSA) is 76.5 Å². The lowest BCUT2D eigenvalue weighted by atomic mass is 10.0. The molecule has 3 aromatic carbocycles. The molecule has 0 amide bonds. The van der Waals surface area contributed by atoms with Gasteiger partial charge in [-0.1, -0.05) is 30.3 Å². The van der Waals surface area contributed by atoms with Crippen molar-refractivity contribution in [2.24, 2.45) is 0 Å². The second-order valence-electron chi connectivity index (χ2n) is 7.59. The van der Waals surface area contributed by atoms with E-state index in [-0.39, 0.29) is 29.9 Å². The summed E-state index contributed by atoms with van der Waals surface area (Å²) in [6, 6.07) is 17.6. The fraction of sp³-hybridized carbons (Fsp3) is 0.160. The zero-order valence-electron chi connectivity index (χ0n) is 17.6. The summed E-state index contributed by atoms with van der Waals surface area (Å²) in [7, 11) is 0. The number of carbonyl (C=O) groups excluding carboxylic acids is 1. The van der Waals surface area contributed by atoms with Gasteiger partial charge in [0.15, 0.2) is 0 Å². The molecule has 0 saturated heterocycles. The molecule has 0 spiro atoms. The highest BCUT2D eigenvalue weighted by Crippen LogP contribution is 2.31. The van der Waals surface area contributed by atoms with Gasteiger partial charge in [-0.05, 0) is 59.5 Å². The summed E-state index contributed by atoms with van der Waals surface area (Å²) in [5.74, 6) is -1.33. The van der Waals surface area contributed by atoms with Gasteiger partial charge >= 0.3 is 12.3 Å². The van der Waals surface area contributed by atoms with E-state index in [9.17, 15) is 22.8 Å². The number of aryl methyl sites for hydroxylation is 1. The van der Waals surface area contributed by atoms with Crippen LogP contribution < -0.4 is 4.74 Å². The Hall–Kier alpha value is -3.72. The van der Waals surface area contributed by atoms with Crippen molar-refractivity contribution >= 4 is 33.3 Å². The number of thiazole rings is 1. The number of nitrogens with zero attached hydrogens (tertiary/aromatic N) is 1. The molecule has 0 unspecified atom stereocenters. The van der Waals surface area contributed by atoms with E-state index in [1.807, 2.05) is 6.07 Å². The SMILES string of the molecule is O=C(CCc1cccc(C(=O)O)c1)Cc1nc2ccc(-c3cccc(OC(F)(F)F)c3)cc2s1. The number of ketones is 1. The van der Waals surface area contributed by atoms with Crippen LogP contribution in [-0.2, 0) is 17.6 Å². The van der Waals surface area contributed by atoms with Crippen LogP contribution in [0.25, 0.3) is 21.3 Å². The largest absolute Gasteiger partial charge is 0.573 e. The number of hydrogen-bond acceptors (Lipinski definition) is 5. The molecule has 0 saturated carbocycles. The predicted molar refractivity (Wildman–Crippen MR) is 122 cm³/mol. The Labute approximate surface area is 196 Å². The Bertz CT molecular complexity index is 1360. The molecule has 5 nitrogen and oxygen atoms in total. The number of carboxylic acid groups (broad SMARTS) is 1. The summed E-state index contributed by atoms with van der Waals surface area (Å²) in [4.78, 5) is 28.0. The molecule has 0 aliphatic carbocycles. The van der Waals surface area contributed by atoms with Crippen molar-refractivity contribution < 1.29 is 32.6 Å². The lowest BCUT2D eigenvalue weighted by Crippen LogP contribution is -2.17.